The number of rotatable bonds is 34. The number of aliphatic hydroxyl groups is 2. The van der Waals surface area contributed by atoms with Crippen molar-refractivity contribution in [2.75, 3.05) is 33.5 Å². The van der Waals surface area contributed by atoms with Gasteiger partial charge in [0.15, 0.2) is 0 Å². The molecule has 0 aromatic heterocycles. The number of unbranched alkanes of at least 4 members (excludes halogenated alkanes) is 19. The molecule has 3 aliphatic rings. The highest BCUT2D eigenvalue weighted by atomic mass is 16.7. The molecular weight excluding hydrogens is 712 g/mol. The maximum atomic E-state index is 12.9. The highest BCUT2D eigenvalue weighted by molar-refractivity contribution is 5.70. The molecule has 3 rings (SSSR count). The fourth-order valence-electron chi connectivity index (χ4n) is 8.72. The number of carbonyl (C=O) groups excluding carboxylic acids is 2. The molecule has 2 heterocycles. The van der Waals surface area contributed by atoms with Crippen molar-refractivity contribution in [2.24, 2.45) is 5.92 Å². The maximum Gasteiger partial charge on any atom is 0.308 e. The summed E-state index contributed by atoms with van der Waals surface area (Å²) in [5.74, 6) is -2.72. The van der Waals surface area contributed by atoms with Crippen LogP contribution in [-0.2, 0) is 38.0 Å². The summed E-state index contributed by atoms with van der Waals surface area (Å²) in [4.78, 5) is 25.3. The number of methoxy groups -OCH3 is 1. The van der Waals surface area contributed by atoms with Gasteiger partial charge in [0.25, 0.3) is 5.79 Å². The molecule has 7 atom stereocenters. The van der Waals surface area contributed by atoms with Crippen LogP contribution in [0.15, 0.2) is 11.6 Å². The highest BCUT2D eigenvalue weighted by Gasteiger charge is 2.72. The Morgan fingerprint density at radius 1 is 0.804 bits per heavy atom. The van der Waals surface area contributed by atoms with Gasteiger partial charge in [-0.1, -0.05) is 134 Å². The molecule has 1 spiro atoms. The Labute approximate surface area is 340 Å². The molecule has 10 heteroatoms. The molecular formula is C46H82O10. The first-order valence-corrected chi connectivity index (χ1v) is 22.8. The van der Waals surface area contributed by atoms with Gasteiger partial charge < -0.3 is 38.6 Å². The van der Waals surface area contributed by atoms with Crippen molar-refractivity contribution in [1.82, 2.24) is 0 Å². The Morgan fingerprint density at radius 2 is 1.32 bits per heavy atom. The first-order valence-electron chi connectivity index (χ1n) is 22.8. The molecule has 0 aromatic carbocycles. The molecule has 0 amide bonds. The molecule has 2 saturated heterocycles. The average molecular weight is 795 g/mol. The minimum atomic E-state index is -2.01. The van der Waals surface area contributed by atoms with E-state index in [2.05, 4.69) is 33.8 Å². The van der Waals surface area contributed by atoms with Gasteiger partial charge >= 0.3 is 11.9 Å². The van der Waals surface area contributed by atoms with Gasteiger partial charge in [0, 0.05) is 26.6 Å². The smallest absolute Gasteiger partial charge is 0.308 e. The van der Waals surface area contributed by atoms with Gasteiger partial charge in [-0.15, -0.1) is 0 Å². The zero-order chi connectivity index (χ0) is 40.7. The second kappa shape index (κ2) is 26.5. The van der Waals surface area contributed by atoms with Crippen LogP contribution in [0.1, 0.15) is 195 Å². The second-order valence-electron chi connectivity index (χ2n) is 17.6. The minimum Gasteiger partial charge on any atom is -0.460 e. The van der Waals surface area contributed by atoms with Gasteiger partial charge in [-0.25, -0.2) is 0 Å². The Bertz CT molecular complexity index is 1120. The van der Waals surface area contributed by atoms with E-state index >= 15 is 0 Å². The quantitative estimate of drug-likeness (QED) is 0.0213. The molecule has 0 bridgehead atoms. The van der Waals surface area contributed by atoms with Crippen LogP contribution >= 0.6 is 0 Å². The number of aliphatic hydroxyl groups excluding tert-OH is 1. The number of esters is 2. The van der Waals surface area contributed by atoms with Crippen LogP contribution < -0.4 is 0 Å². The summed E-state index contributed by atoms with van der Waals surface area (Å²) in [6.07, 6.45) is 29.1. The van der Waals surface area contributed by atoms with Crippen molar-refractivity contribution in [3.8, 4) is 0 Å². The van der Waals surface area contributed by atoms with Crippen molar-refractivity contribution in [3.63, 3.8) is 0 Å². The molecule has 0 radical (unpaired) electrons. The summed E-state index contributed by atoms with van der Waals surface area (Å²) in [6, 6.07) is 0. The zero-order valence-corrected chi connectivity index (χ0v) is 36.3. The summed E-state index contributed by atoms with van der Waals surface area (Å²) in [5, 5.41) is 20.2. The second-order valence-corrected chi connectivity index (χ2v) is 17.6. The predicted octanol–water partition coefficient (Wildman–Crippen LogP) is 9.84. The van der Waals surface area contributed by atoms with E-state index in [0.29, 0.717) is 26.1 Å². The Balaban J connectivity index is 1.15. The van der Waals surface area contributed by atoms with E-state index in [0.717, 1.165) is 64.2 Å². The zero-order valence-electron chi connectivity index (χ0n) is 36.3. The lowest BCUT2D eigenvalue weighted by atomic mass is 9.68. The van der Waals surface area contributed by atoms with E-state index < -0.39 is 18.4 Å². The molecule has 2 unspecified atom stereocenters. The largest absolute Gasteiger partial charge is 0.460 e. The van der Waals surface area contributed by atoms with Gasteiger partial charge in [-0.3, -0.25) is 9.59 Å². The van der Waals surface area contributed by atoms with Crippen LogP contribution in [0, 0.1) is 5.92 Å². The summed E-state index contributed by atoms with van der Waals surface area (Å²) in [6.45, 7) is 8.84. The molecule has 2 N–H and O–H groups in total. The van der Waals surface area contributed by atoms with Crippen LogP contribution in [0.25, 0.3) is 0 Å². The lowest BCUT2D eigenvalue weighted by Crippen LogP contribution is -2.55. The third-order valence-corrected chi connectivity index (χ3v) is 12.3. The molecule has 1 saturated carbocycles. The summed E-state index contributed by atoms with van der Waals surface area (Å²) in [7, 11) is 1.69. The minimum absolute atomic E-state index is 0.0127. The Morgan fingerprint density at radius 3 is 1.82 bits per heavy atom. The number of hydrogen-bond donors (Lipinski definition) is 2. The summed E-state index contributed by atoms with van der Waals surface area (Å²) >= 11 is 0. The van der Waals surface area contributed by atoms with Crippen molar-refractivity contribution in [1.29, 1.82) is 0 Å². The molecule has 2 aliphatic heterocycles. The molecule has 326 valence electrons. The Kier molecular flexibility index (Phi) is 23.1. The monoisotopic (exact) mass is 795 g/mol. The van der Waals surface area contributed by atoms with Gasteiger partial charge in [-0.05, 0) is 59.3 Å². The van der Waals surface area contributed by atoms with E-state index in [1.165, 1.54) is 89.0 Å². The van der Waals surface area contributed by atoms with Crippen molar-refractivity contribution < 1.29 is 48.2 Å². The predicted molar refractivity (Wildman–Crippen MR) is 220 cm³/mol. The van der Waals surface area contributed by atoms with E-state index in [1.54, 1.807) is 7.11 Å². The fourth-order valence-corrected chi connectivity index (χ4v) is 8.72. The van der Waals surface area contributed by atoms with E-state index in [9.17, 15) is 19.8 Å². The molecule has 3 fully saturated rings. The summed E-state index contributed by atoms with van der Waals surface area (Å²) in [5.41, 5.74) is 0.673. The topological polar surface area (TPSA) is 137 Å². The van der Waals surface area contributed by atoms with Crippen LogP contribution in [0.2, 0.25) is 0 Å². The van der Waals surface area contributed by atoms with Crippen LogP contribution in [0.4, 0.5) is 0 Å². The van der Waals surface area contributed by atoms with Gasteiger partial charge in [0.1, 0.15) is 36.6 Å². The maximum absolute atomic E-state index is 12.9. The number of ether oxygens (including phenoxy) is 6. The third-order valence-electron chi connectivity index (χ3n) is 12.3. The third kappa shape index (κ3) is 17.7. The summed E-state index contributed by atoms with van der Waals surface area (Å²) < 4.78 is 35.1. The number of allylic oxidation sites excluding steroid dienone is 1. The first-order chi connectivity index (χ1) is 27.0. The standard InChI is InChI=1S/C46H82O10/c1-6-7-8-9-10-11-12-13-14-15-16-17-20-23-26-33-52-36-46(50,34-47)56-41(49)28-25-22-19-18-21-24-27-40(48)54-38-31-32-45(35-53-45)43(42(38)51-5)44(4)39(55-44)30-29-37(2)3/h29,38-39,42-43,47,50H,6-28,30-36H2,1-5H3/t38-,39?,42-,43-,44+,45+,46?/m1/s1. The molecule has 0 aromatic rings. The normalized spacial score (nSPS) is 26.5. The number of hydrogen-bond acceptors (Lipinski definition) is 10. The van der Waals surface area contributed by atoms with Crippen molar-refractivity contribution >= 4 is 11.9 Å². The van der Waals surface area contributed by atoms with Crippen molar-refractivity contribution in [2.45, 2.75) is 230 Å². The lowest BCUT2D eigenvalue weighted by Gasteiger charge is -2.42. The van der Waals surface area contributed by atoms with Crippen LogP contribution in [-0.4, -0.2) is 91.0 Å². The van der Waals surface area contributed by atoms with Gasteiger partial charge in [0.2, 0.25) is 0 Å². The first kappa shape index (κ1) is 48.8. The Hall–Kier alpha value is -1.56. The van der Waals surface area contributed by atoms with Crippen LogP contribution in [0.3, 0.4) is 0 Å². The van der Waals surface area contributed by atoms with Gasteiger partial charge in [-0.2, -0.15) is 0 Å². The van der Waals surface area contributed by atoms with E-state index in [-0.39, 0.29) is 54.4 Å². The van der Waals surface area contributed by atoms with Crippen molar-refractivity contribution in [3.05, 3.63) is 11.6 Å². The number of epoxide rings is 2. The highest BCUT2D eigenvalue weighted by Crippen LogP contribution is 2.59. The van der Waals surface area contributed by atoms with Gasteiger partial charge in [0.05, 0.1) is 18.6 Å². The number of carbonyl (C=O) groups is 2. The van der Waals surface area contributed by atoms with E-state index in [1.807, 2.05) is 0 Å². The van der Waals surface area contributed by atoms with E-state index in [4.69, 9.17) is 28.4 Å². The SMILES string of the molecule is CCCCCCCCCCCCCCCCCOCC(O)(CO)OC(=O)CCCCCCCCC(=O)O[C@@H]1CC[C@]2(CO2)[C@@H]([C@@]2(C)OC2CC=C(C)C)[C@@H]1OC. The lowest BCUT2D eigenvalue weighted by molar-refractivity contribution is -0.242. The molecule has 56 heavy (non-hydrogen) atoms. The molecule has 10 nitrogen and oxygen atoms in total. The fraction of sp³-hybridized carbons (Fsp3) is 0.913. The molecule has 1 aliphatic carbocycles. The average Bonchev–Trinajstić information content (AvgIpc) is 4.09. The van der Waals surface area contributed by atoms with Crippen LogP contribution in [0.5, 0.6) is 0 Å².